The second-order valence-corrected chi connectivity index (χ2v) is 5.71. The van der Waals surface area contributed by atoms with E-state index in [0.717, 1.165) is 42.4 Å². The summed E-state index contributed by atoms with van der Waals surface area (Å²) in [5.74, 6) is 0. The molecule has 3 nitrogen and oxygen atoms in total. The molecule has 3 rings (SSSR count). The van der Waals surface area contributed by atoms with Crippen LogP contribution in [0.25, 0.3) is 10.9 Å². The van der Waals surface area contributed by atoms with Crippen LogP contribution in [0.3, 0.4) is 0 Å². The Morgan fingerprint density at radius 1 is 1.36 bits per heavy atom. The Kier molecular flexibility index (Phi) is 4.66. The zero-order chi connectivity index (χ0) is 15.4. The molecule has 1 aliphatic rings. The highest BCUT2D eigenvalue weighted by Gasteiger charge is 2.34. The summed E-state index contributed by atoms with van der Waals surface area (Å²) in [6.45, 7) is 5.72. The van der Waals surface area contributed by atoms with Crippen molar-refractivity contribution in [3.63, 3.8) is 0 Å². The van der Waals surface area contributed by atoms with Crippen molar-refractivity contribution < 1.29 is 5.11 Å². The Morgan fingerprint density at radius 3 is 3.00 bits per heavy atom. The summed E-state index contributed by atoms with van der Waals surface area (Å²) < 4.78 is 0. The number of nitrogens with zero attached hydrogens (tertiary/aromatic N) is 2. The molecule has 0 saturated carbocycles. The number of aromatic nitrogens is 1. The highest BCUT2D eigenvalue weighted by Crippen LogP contribution is 2.33. The number of hydrogen-bond acceptors (Lipinski definition) is 3. The highest BCUT2D eigenvalue weighted by molar-refractivity contribution is 5.82. The maximum atomic E-state index is 10.8. The monoisotopic (exact) mass is 294 g/mol. The van der Waals surface area contributed by atoms with Crippen LogP contribution < -0.4 is 0 Å². The fraction of sp³-hybridized carbons (Fsp3) is 0.316. The van der Waals surface area contributed by atoms with Gasteiger partial charge in [0.1, 0.15) is 0 Å². The second kappa shape index (κ2) is 6.86. The molecule has 0 bridgehead atoms. The summed E-state index contributed by atoms with van der Waals surface area (Å²) in [6.07, 6.45) is 9.26. The van der Waals surface area contributed by atoms with Crippen LogP contribution >= 0.6 is 0 Å². The van der Waals surface area contributed by atoms with Crippen LogP contribution in [-0.4, -0.2) is 34.1 Å². The molecular weight excluding hydrogens is 272 g/mol. The van der Waals surface area contributed by atoms with Crippen molar-refractivity contribution in [2.45, 2.75) is 25.0 Å². The van der Waals surface area contributed by atoms with Crippen molar-refractivity contribution in [2.75, 3.05) is 13.1 Å². The van der Waals surface area contributed by atoms with E-state index in [2.05, 4.69) is 22.5 Å². The number of para-hydroxylation sites is 1. The molecule has 2 aromatic rings. The number of allylic oxidation sites excluding steroid dienone is 2. The molecule has 1 saturated heterocycles. The molecule has 0 radical (unpaired) electrons. The fourth-order valence-electron chi connectivity index (χ4n) is 3.11. The Balaban J connectivity index is 1.74. The lowest BCUT2D eigenvalue weighted by molar-refractivity contribution is -0.0138. The van der Waals surface area contributed by atoms with Gasteiger partial charge >= 0.3 is 0 Å². The second-order valence-electron chi connectivity index (χ2n) is 5.71. The minimum Gasteiger partial charge on any atom is -0.387 e. The van der Waals surface area contributed by atoms with E-state index in [0.29, 0.717) is 0 Å². The lowest BCUT2D eigenvalue weighted by Crippen LogP contribution is -2.51. The van der Waals surface area contributed by atoms with Gasteiger partial charge in [-0.3, -0.25) is 9.88 Å². The number of aliphatic hydroxyl groups excluding tert-OH is 1. The minimum atomic E-state index is -0.454. The molecule has 22 heavy (non-hydrogen) atoms. The first-order valence-corrected chi connectivity index (χ1v) is 7.84. The van der Waals surface area contributed by atoms with Crippen molar-refractivity contribution in [1.29, 1.82) is 0 Å². The Morgan fingerprint density at radius 2 is 2.23 bits per heavy atom. The molecular formula is C19H22N2O. The number of likely N-dealkylation sites (tertiary alicyclic amines) is 1. The van der Waals surface area contributed by atoms with Crippen LogP contribution in [0.15, 0.2) is 61.3 Å². The van der Waals surface area contributed by atoms with Crippen molar-refractivity contribution in [3.8, 4) is 0 Å². The Labute approximate surface area is 131 Å². The van der Waals surface area contributed by atoms with Gasteiger partial charge < -0.3 is 5.11 Å². The van der Waals surface area contributed by atoms with Crippen molar-refractivity contribution >= 4 is 10.9 Å². The van der Waals surface area contributed by atoms with Gasteiger partial charge in [-0.2, -0.15) is 0 Å². The maximum Gasteiger partial charge on any atom is 0.0952 e. The number of pyridine rings is 1. The zero-order valence-electron chi connectivity index (χ0n) is 12.7. The average Bonchev–Trinajstić information content (AvgIpc) is 2.53. The van der Waals surface area contributed by atoms with E-state index < -0.39 is 6.10 Å². The molecule has 1 aromatic carbocycles. The largest absolute Gasteiger partial charge is 0.387 e. The van der Waals surface area contributed by atoms with E-state index in [4.69, 9.17) is 0 Å². The van der Waals surface area contributed by atoms with Gasteiger partial charge in [-0.1, -0.05) is 43.0 Å². The predicted molar refractivity (Wildman–Crippen MR) is 90.6 cm³/mol. The van der Waals surface area contributed by atoms with Crippen LogP contribution in [0.1, 0.15) is 24.5 Å². The summed E-state index contributed by atoms with van der Waals surface area (Å²) in [6, 6.07) is 10.2. The topological polar surface area (TPSA) is 36.4 Å². The van der Waals surface area contributed by atoms with Crippen LogP contribution in [0, 0.1) is 0 Å². The molecule has 3 heteroatoms. The molecule has 0 unspecified atom stereocenters. The first-order chi connectivity index (χ1) is 10.8. The summed E-state index contributed by atoms with van der Waals surface area (Å²) in [4.78, 5) is 6.73. The summed E-state index contributed by atoms with van der Waals surface area (Å²) in [5, 5.41) is 11.9. The van der Waals surface area contributed by atoms with Crippen LogP contribution in [0.2, 0.25) is 0 Å². The fourth-order valence-corrected chi connectivity index (χ4v) is 3.11. The molecule has 2 atom stereocenters. The molecule has 1 aliphatic heterocycles. The van der Waals surface area contributed by atoms with Gasteiger partial charge in [0.15, 0.2) is 0 Å². The normalized spacial score (nSPS) is 20.1. The van der Waals surface area contributed by atoms with Crippen LogP contribution in [0.4, 0.5) is 0 Å². The van der Waals surface area contributed by atoms with E-state index in [1.165, 1.54) is 0 Å². The van der Waals surface area contributed by atoms with Crippen molar-refractivity contribution in [1.82, 2.24) is 9.88 Å². The SMILES string of the molecule is C=C/C=C/CCN1CC[C@H]1[C@H](O)c1ccnc2ccccc12. The zero-order valence-corrected chi connectivity index (χ0v) is 12.7. The summed E-state index contributed by atoms with van der Waals surface area (Å²) in [7, 11) is 0. The predicted octanol–water partition coefficient (Wildman–Crippen LogP) is 3.47. The van der Waals surface area contributed by atoms with Gasteiger partial charge in [0.25, 0.3) is 0 Å². The summed E-state index contributed by atoms with van der Waals surface area (Å²) >= 11 is 0. The van der Waals surface area contributed by atoms with Gasteiger partial charge in [0.05, 0.1) is 11.6 Å². The molecule has 1 N–H and O–H groups in total. The van der Waals surface area contributed by atoms with Gasteiger partial charge in [-0.25, -0.2) is 0 Å². The first-order valence-electron chi connectivity index (χ1n) is 7.84. The van der Waals surface area contributed by atoms with Crippen LogP contribution in [0.5, 0.6) is 0 Å². The third-order valence-electron chi connectivity index (χ3n) is 4.40. The number of fused-ring (bicyclic) bond motifs is 1. The third-order valence-corrected chi connectivity index (χ3v) is 4.40. The molecule has 2 heterocycles. The maximum absolute atomic E-state index is 10.8. The number of hydrogen-bond donors (Lipinski definition) is 1. The summed E-state index contributed by atoms with van der Waals surface area (Å²) in [5.41, 5.74) is 1.93. The van der Waals surface area contributed by atoms with Crippen molar-refractivity contribution in [3.05, 3.63) is 66.9 Å². The molecule has 1 aromatic heterocycles. The first kappa shape index (κ1) is 14.9. The number of rotatable bonds is 6. The van der Waals surface area contributed by atoms with E-state index >= 15 is 0 Å². The van der Waals surface area contributed by atoms with Gasteiger partial charge in [0.2, 0.25) is 0 Å². The van der Waals surface area contributed by atoms with E-state index in [-0.39, 0.29) is 6.04 Å². The highest BCUT2D eigenvalue weighted by atomic mass is 16.3. The molecule has 114 valence electrons. The quantitative estimate of drug-likeness (QED) is 0.829. The Hall–Kier alpha value is -1.97. The number of aliphatic hydroxyl groups is 1. The van der Waals surface area contributed by atoms with Crippen LogP contribution in [-0.2, 0) is 0 Å². The Bertz CT molecular complexity index is 675. The molecule has 0 amide bonds. The lowest BCUT2D eigenvalue weighted by Gasteiger charge is -2.43. The van der Waals surface area contributed by atoms with E-state index in [9.17, 15) is 5.11 Å². The van der Waals surface area contributed by atoms with E-state index in [1.807, 2.05) is 36.4 Å². The van der Waals surface area contributed by atoms with Crippen molar-refractivity contribution in [2.24, 2.45) is 0 Å². The van der Waals surface area contributed by atoms with Gasteiger partial charge in [-0.05, 0) is 30.5 Å². The average molecular weight is 294 g/mol. The third kappa shape index (κ3) is 2.96. The molecule has 0 aliphatic carbocycles. The molecule has 1 fully saturated rings. The van der Waals surface area contributed by atoms with E-state index in [1.54, 1.807) is 12.3 Å². The standard InChI is InChI=1S/C19H22N2O/c1-2-3-4-7-13-21-14-11-18(21)19(22)16-10-12-20-17-9-6-5-8-15(16)17/h2-6,8-10,12,18-19,22H,1,7,11,13-14H2/b4-3+/t18-,19+/m0/s1. The van der Waals surface area contributed by atoms with Gasteiger partial charge in [-0.15, -0.1) is 0 Å². The smallest absolute Gasteiger partial charge is 0.0952 e. The van der Waals surface area contributed by atoms with Gasteiger partial charge in [0, 0.05) is 30.7 Å². The lowest BCUT2D eigenvalue weighted by atomic mass is 9.90. The molecule has 0 spiro atoms. The number of benzene rings is 1. The minimum absolute atomic E-state index is 0.211.